The summed E-state index contributed by atoms with van der Waals surface area (Å²) >= 11 is 1.25. The zero-order chi connectivity index (χ0) is 22.5. The Morgan fingerprint density at radius 3 is 2.56 bits per heavy atom. The number of aromatic nitrogens is 4. The molecule has 32 heavy (non-hydrogen) atoms. The SMILES string of the molecule is CCOC(=O)c1ccc(NC(=O)CSc2ncnc3c2cnn3-c2ccc(F)cc2)cc1. The molecule has 0 aliphatic heterocycles. The van der Waals surface area contributed by atoms with Crippen molar-refractivity contribution < 1.29 is 18.7 Å². The Kier molecular flexibility index (Phi) is 6.41. The molecule has 0 unspecified atom stereocenters. The molecular weight excluding hydrogens is 433 g/mol. The van der Waals surface area contributed by atoms with Crippen molar-refractivity contribution in [1.82, 2.24) is 19.7 Å². The van der Waals surface area contributed by atoms with Crippen LogP contribution in [0.1, 0.15) is 17.3 Å². The summed E-state index contributed by atoms with van der Waals surface area (Å²) in [5.41, 5.74) is 2.21. The van der Waals surface area contributed by atoms with Crippen molar-refractivity contribution in [2.24, 2.45) is 0 Å². The van der Waals surface area contributed by atoms with Gasteiger partial charge in [0.05, 0.1) is 35.2 Å². The molecule has 10 heteroatoms. The Hall–Kier alpha value is -3.79. The van der Waals surface area contributed by atoms with E-state index in [4.69, 9.17) is 4.74 Å². The third-order valence-electron chi connectivity index (χ3n) is 4.42. The number of thioether (sulfide) groups is 1. The molecule has 2 aromatic heterocycles. The predicted molar refractivity (Wildman–Crippen MR) is 118 cm³/mol. The lowest BCUT2D eigenvalue weighted by atomic mass is 10.2. The average Bonchev–Trinajstić information content (AvgIpc) is 3.24. The number of anilines is 1. The number of carbonyl (C=O) groups is 2. The van der Waals surface area contributed by atoms with E-state index in [2.05, 4.69) is 20.4 Å². The second kappa shape index (κ2) is 9.56. The maximum atomic E-state index is 13.2. The monoisotopic (exact) mass is 451 g/mol. The highest BCUT2D eigenvalue weighted by molar-refractivity contribution is 8.00. The molecule has 0 atom stereocenters. The number of halogens is 1. The fourth-order valence-electron chi connectivity index (χ4n) is 2.94. The number of hydrogen-bond donors (Lipinski definition) is 1. The molecule has 2 aromatic carbocycles. The molecule has 0 aliphatic rings. The third kappa shape index (κ3) is 4.75. The molecule has 1 amide bonds. The van der Waals surface area contributed by atoms with Crippen LogP contribution in [0.5, 0.6) is 0 Å². The predicted octanol–water partition coefficient (Wildman–Crippen LogP) is 3.86. The van der Waals surface area contributed by atoms with Crippen LogP contribution in [0.2, 0.25) is 0 Å². The summed E-state index contributed by atoms with van der Waals surface area (Å²) < 4.78 is 19.7. The van der Waals surface area contributed by atoms with Gasteiger partial charge in [-0.15, -0.1) is 0 Å². The molecule has 4 aromatic rings. The Balaban J connectivity index is 1.42. The van der Waals surface area contributed by atoms with E-state index < -0.39 is 5.97 Å². The van der Waals surface area contributed by atoms with Crippen LogP contribution in [-0.4, -0.2) is 44.0 Å². The van der Waals surface area contributed by atoms with Crippen molar-refractivity contribution in [3.05, 3.63) is 72.4 Å². The van der Waals surface area contributed by atoms with E-state index in [1.54, 1.807) is 54.2 Å². The second-order valence-corrected chi connectivity index (χ2v) is 7.55. The average molecular weight is 451 g/mol. The molecule has 1 N–H and O–H groups in total. The van der Waals surface area contributed by atoms with E-state index in [-0.39, 0.29) is 17.5 Å². The molecule has 0 saturated heterocycles. The van der Waals surface area contributed by atoms with Gasteiger partial charge in [-0.1, -0.05) is 11.8 Å². The molecule has 4 rings (SSSR count). The lowest BCUT2D eigenvalue weighted by Crippen LogP contribution is -2.14. The van der Waals surface area contributed by atoms with Crippen molar-refractivity contribution in [2.75, 3.05) is 17.7 Å². The Morgan fingerprint density at radius 2 is 1.84 bits per heavy atom. The van der Waals surface area contributed by atoms with Crippen molar-refractivity contribution >= 4 is 40.4 Å². The zero-order valence-corrected chi connectivity index (χ0v) is 17.8. The third-order valence-corrected chi connectivity index (χ3v) is 5.43. The molecule has 0 aliphatic carbocycles. The van der Waals surface area contributed by atoms with Crippen LogP contribution in [0.25, 0.3) is 16.7 Å². The standard InChI is InChI=1S/C22H18FN5O3S/c1-2-31-22(30)14-3-7-16(8-4-14)27-19(29)12-32-21-18-11-26-28(20(18)24-13-25-21)17-9-5-15(23)6-10-17/h3-11,13H,2,12H2,1H3,(H,27,29). The van der Waals surface area contributed by atoms with Gasteiger partial charge in [0, 0.05) is 5.69 Å². The highest BCUT2D eigenvalue weighted by Gasteiger charge is 2.14. The number of fused-ring (bicyclic) bond motifs is 1. The molecule has 0 fully saturated rings. The van der Waals surface area contributed by atoms with E-state index in [1.807, 2.05) is 0 Å². The van der Waals surface area contributed by atoms with Gasteiger partial charge in [0.2, 0.25) is 5.91 Å². The highest BCUT2D eigenvalue weighted by Crippen LogP contribution is 2.26. The zero-order valence-electron chi connectivity index (χ0n) is 17.0. The van der Waals surface area contributed by atoms with E-state index in [1.165, 1.54) is 30.2 Å². The van der Waals surface area contributed by atoms with Gasteiger partial charge in [0.1, 0.15) is 17.2 Å². The number of rotatable bonds is 7. The van der Waals surface area contributed by atoms with Crippen molar-refractivity contribution in [3.8, 4) is 5.69 Å². The van der Waals surface area contributed by atoms with Crippen LogP contribution < -0.4 is 5.32 Å². The van der Waals surface area contributed by atoms with Crippen molar-refractivity contribution in [3.63, 3.8) is 0 Å². The number of benzene rings is 2. The molecule has 2 heterocycles. The van der Waals surface area contributed by atoms with Crippen molar-refractivity contribution in [2.45, 2.75) is 11.9 Å². The van der Waals surface area contributed by atoms with Gasteiger partial charge in [-0.3, -0.25) is 4.79 Å². The number of amides is 1. The van der Waals surface area contributed by atoms with Crippen molar-refractivity contribution in [1.29, 1.82) is 0 Å². The van der Waals surface area contributed by atoms with Crippen LogP contribution in [0.15, 0.2) is 66.1 Å². The topological polar surface area (TPSA) is 99.0 Å². The lowest BCUT2D eigenvalue weighted by Gasteiger charge is -2.07. The second-order valence-electron chi connectivity index (χ2n) is 6.58. The minimum atomic E-state index is -0.408. The molecule has 0 bridgehead atoms. The summed E-state index contributed by atoms with van der Waals surface area (Å²) in [6.45, 7) is 2.04. The molecule has 0 saturated carbocycles. The summed E-state index contributed by atoms with van der Waals surface area (Å²) in [6, 6.07) is 12.4. The fourth-order valence-corrected chi connectivity index (χ4v) is 3.71. The van der Waals surface area contributed by atoms with Gasteiger partial charge in [0.15, 0.2) is 5.65 Å². The molecular formula is C22H18FN5O3S. The Bertz CT molecular complexity index is 1260. The first-order valence-electron chi connectivity index (χ1n) is 9.69. The first-order chi connectivity index (χ1) is 15.5. The maximum absolute atomic E-state index is 13.2. The highest BCUT2D eigenvalue weighted by atomic mass is 32.2. The minimum Gasteiger partial charge on any atom is -0.462 e. The van der Waals surface area contributed by atoms with E-state index in [9.17, 15) is 14.0 Å². The number of nitrogens with one attached hydrogen (secondary N) is 1. The summed E-state index contributed by atoms with van der Waals surface area (Å²) in [5, 5.41) is 8.41. The van der Waals surface area contributed by atoms with Gasteiger partial charge in [-0.05, 0) is 55.5 Å². The van der Waals surface area contributed by atoms with Crippen LogP contribution in [-0.2, 0) is 9.53 Å². The lowest BCUT2D eigenvalue weighted by molar-refractivity contribution is -0.113. The van der Waals surface area contributed by atoms with Crippen LogP contribution in [0, 0.1) is 5.82 Å². The maximum Gasteiger partial charge on any atom is 0.338 e. The van der Waals surface area contributed by atoms with Gasteiger partial charge >= 0.3 is 5.97 Å². The number of ether oxygens (including phenoxy) is 1. The first kappa shape index (κ1) is 21.4. The number of hydrogen-bond acceptors (Lipinski definition) is 7. The van der Waals surface area contributed by atoms with Crippen LogP contribution in [0.4, 0.5) is 10.1 Å². The Morgan fingerprint density at radius 1 is 1.09 bits per heavy atom. The number of esters is 1. The number of nitrogens with zero attached hydrogens (tertiary/aromatic N) is 4. The largest absolute Gasteiger partial charge is 0.462 e. The van der Waals surface area contributed by atoms with Gasteiger partial charge in [-0.2, -0.15) is 5.10 Å². The van der Waals surface area contributed by atoms with Crippen LogP contribution in [0.3, 0.4) is 0 Å². The smallest absolute Gasteiger partial charge is 0.338 e. The summed E-state index contributed by atoms with van der Waals surface area (Å²) in [6.07, 6.45) is 3.02. The van der Waals surface area contributed by atoms with E-state index in [0.29, 0.717) is 39.6 Å². The quantitative estimate of drug-likeness (QED) is 0.259. The summed E-state index contributed by atoms with van der Waals surface area (Å²) in [7, 11) is 0. The van der Waals surface area contributed by atoms with E-state index >= 15 is 0 Å². The molecule has 8 nitrogen and oxygen atoms in total. The van der Waals surface area contributed by atoms with Gasteiger partial charge < -0.3 is 10.1 Å². The minimum absolute atomic E-state index is 0.119. The fraction of sp³-hybridized carbons (Fsp3) is 0.136. The summed E-state index contributed by atoms with van der Waals surface area (Å²) in [4.78, 5) is 32.6. The van der Waals surface area contributed by atoms with E-state index in [0.717, 1.165) is 0 Å². The Labute approximate surface area is 186 Å². The first-order valence-corrected chi connectivity index (χ1v) is 10.7. The molecule has 0 radical (unpaired) electrons. The molecule has 0 spiro atoms. The normalized spacial score (nSPS) is 10.8. The number of carbonyl (C=O) groups excluding carboxylic acids is 2. The summed E-state index contributed by atoms with van der Waals surface area (Å²) in [5.74, 6) is -0.850. The van der Waals surface area contributed by atoms with Crippen LogP contribution >= 0.6 is 11.8 Å². The molecule has 162 valence electrons. The van der Waals surface area contributed by atoms with Gasteiger partial charge in [-0.25, -0.2) is 23.8 Å². The van der Waals surface area contributed by atoms with Gasteiger partial charge in [0.25, 0.3) is 0 Å².